The minimum atomic E-state index is -0.409. The minimum Gasteiger partial charge on any atom is -0.388 e. The summed E-state index contributed by atoms with van der Waals surface area (Å²) in [6.45, 7) is 3.99. The molecular formula is C15H17NOS. The smallest absolute Gasteiger partial charge is 0.101 e. The van der Waals surface area contributed by atoms with Crippen LogP contribution in [0.2, 0.25) is 0 Å². The first kappa shape index (κ1) is 13.1. The molecule has 0 saturated carbocycles. The summed E-state index contributed by atoms with van der Waals surface area (Å²) in [6.07, 6.45) is 2.09. The third-order valence-electron chi connectivity index (χ3n) is 2.84. The van der Waals surface area contributed by atoms with E-state index in [1.807, 2.05) is 38.1 Å². The maximum Gasteiger partial charge on any atom is 0.101 e. The molecule has 0 spiro atoms. The van der Waals surface area contributed by atoms with Crippen LogP contribution in [0.5, 0.6) is 0 Å². The highest BCUT2D eigenvalue weighted by Gasteiger charge is 2.09. The summed E-state index contributed by atoms with van der Waals surface area (Å²) in [7, 11) is 0. The number of rotatable bonds is 4. The lowest BCUT2D eigenvalue weighted by atomic mass is 10.1. The maximum atomic E-state index is 9.84. The largest absolute Gasteiger partial charge is 0.388 e. The van der Waals surface area contributed by atoms with E-state index in [0.717, 1.165) is 16.2 Å². The summed E-state index contributed by atoms with van der Waals surface area (Å²) in [6, 6.07) is 12.2. The average Bonchev–Trinajstić information content (AvgIpc) is 2.39. The highest BCUT2D eigenvalue weighted by molar-refractivity contribution is 7.99. The van der Waals surface area contributed by atoms with Crippen LogP contribution in [0.3, 0.4) is 0 Å². The Hall–Kier alpha value is -1.32. The van der Waals surface area contributed by atoms with Crippen molar-refractivity contribution in [2.75, 3.05) is 0 Å². The first-order valence-corrected chi connectivity index (χ1v) is 6.90. The van der Waals surface area contributed by atoms with Crippen molar-refractivity contribution < 1.29 is 5.11 Å². The van der Waals surface area contributed by atoms with E-state index in [9.17, 15) is 5.11 Å². The predicted molar refractivity (Wildman–Crippen MR) is 74.8 cm³/mol. The molecule has 0 aliphatic heterocycles. The van der Waals surface area contributed by atoms with Crippen LogP contribution in [0.15, 0.2) is 52.5 Å². The second-order valence-corrected chi connectivity index (χ2v) is 5.31. The number of hydrogen-bond acceptors (Lipinski definition) is 3. The Morgan fingerprint density at radius 3 is 2.61 bits per heavy atom. The van der Waals surface area contributed by atoms with Gasteiger partial charge in [-0.15, -0.1) is 0 Å². The molecule has 0 amide bonds. The van der Waals surface area contributed by atoms with Gasteiger partial charge in [0.15, 0.2) is 0 Å². The number of aromatic nitrogens is 1. The van der Waals surface area contributed by atoms with Gasteiger partial charge in [-0.25, -0.2) is 4.98 Å². The van der Waals surface area contributed by atoms with Gasteiger partial charge < -0.3 is 5.11 Å². The lowest BCUT2D eigenvalue weighted by Gasteiger charge is -2.12. The molecule has 2 aromatic rings. The van der Waals surface area contributed by atoms with Crippen LogP contribution in [0.1, 0.15) is 30.6 Å². The number of aliphatic hydroxyl groups excluding tert-OH is 1. The SMILES string of the molecule is CCC(O)c1cnc(Sc2ccccc2)cc1C. The van der Waals surface area contributed by atoms with E-state index in [1.54, 1.807) is 18.0 Å². The van der Waals surface area contributed by atoms with Crippen molar-refractivity contribution in [1.29, 1.82) is 0 Å². The van der Waals surface area contributed by atoms with Gasteiger partial charge in [0.05, 0.1) is 6.10 Å². The van der Waals surface area contributed by atoms with Crippen molar-refractivity contribution in [3.8, 4) is 0 Å². The van der Waals surface area contributed by atoms with E-state index >= 15 is 0 Å². The molecule has 1 aromatic heterocycles. The van der Waals surface area contributed by atoms with E-state index in [2.05, 4.69) is 17.1 Å². The zero-order valence-corrected chi connectivity index (χ0v) is 11.4. The van der Waals surface area contributed by atoms with E-state index in [4.69, 9.17) is 0 Å². The molecule has 18 heavy (non-hydrogen) atoms. The quantitative estimate of drug-likeness (QED) is 0.901. The highest BCUT2D eigenvalue weighted by atomic mass is 32.2. The summed E-state index contributed by atoms with van der Waals surface area (Å²) in [4.78, 5) is 5.58. The molecule has 0 aliphatic carbocycles. The molecule has 2 nitrogen and oxygen atoms in total. The number of hydrogen-bond donors (Lipinski definition) is 1. The second-order valence-electron chi connectivity index (χ2n) is 4.22. The normalized spacial score (nSPS) is 12.4. The fraction of sp³-hybridized carbons (Fsp3) is 0.267. The fourth-order valence-corrected chi connectivity index (χ4v) is 2.65. The number of nitrogens with zero attached hydrogens (tertiary/aromatic N) is 1. The number of pyridine rings is 1. The molecule has 0 saturated heterocycles. The van der Waals surface area contributed by atoms with Crippen LogP contribution >= 0.6 is 11.8 Å². The number of benzene rings is 1. The maximum absolute atomic E-state index is 9.84. The summed E-state index contributed by atoms with van der Waals surface area (Å²) in [5, 5.41) is 10.8. The second kappa shape index (κ2) is 6.03. The molecule has 1 aromatic carbocycles. The summed E-state index contributed by atoms with van der Waals surface area (Å²) < 4.78 is 0. The predicted octanol–water partition coefficient (Wildman–Crippen LogP) is 3.98. The Balaban J connectivity index is 2.19. The van der Waals surface area contributed by atoms with Crippen molar-refractivity contribution >= 4 is 11.8 Å². The molecule has 2 rings (SSSR count). The Labute approximate surface area is 112 Å². The molecular weight excluding hydrogens is 242 g/mol. The Morgan fingerprint density at radius 2 is 2.00 bits per heavy atom. The molecule has 1 N–H and O–H groups in total. The van der Waals surface area contributed by atoms with E-state index < -0.39 is 6.10 Å². The zero-order chi connectivity index (χ0) is 13.0. The lowest BCUT2D eigenvalue weighted by molar-refractivity contribution is 0.172. The Bertz CT molecular complexity index is 513. The standard InChI is InChI=1S/C15H17NOS/c1-3-14(17)13-10-16-15(9-11(13)2)18-12-7-5-4-6-8-12/h4-10,14,17H,3H2,1-2H3. The Morgan fingerprint density at radius 1 is 1.28 bits per heavy atom. The molecule has 0 bridgehead atoms. The van der Waals surface area contributed by atoms with Gasteiger partial charge in [-0.1, -0.05) is 36.9 Å². The fourth-order valence-electron chi connectivity index (χ4n) is 1.77. The van der Waals surface area contributed by atoms with Crippen molar-refractivity contribution in [3.63, 3.8) is 0 Å². The molecule has 1 heterocycles. The zero-order valence-electron chi connectivity index (χ0n) is 10.6. The third-order valence-corrected chi connectivity index (χ3v) is 3.78. The topological polar surface area (TPSA) is 33.1 Å². The van der Waals surface area contributed by atoms with Crippen molar-refractivity contribution in [3.05, 3.63) is 53.7 Å². The van der Waals surface area contributed by atoms with Gasteiger partial charge in [0, 0.05) is 16.7 Å². The lowest BCUT2D eigenvalue weighted by Crippen LogP contribution is -1.99. The molecule has 0 fully saturated rings. The van der Waals surface area contributed by atoms with E-state index in [0.29, 0.717) is 6.42 Å². The van der Waals surface area contributed by atoms with Crippen LogP contribution in [0, 0.1) is 6.92 Å². The van der Waals surface area contributed by atoms with E-state index in [1.165, 1.54) is 4.90 Å². The van der Waals surface area contributed by atoms with Gasteiger partial charge in [0.25, 0.3) is 0 Å². The third kappa shape index (κ3) is 3.12. The van der Waals surface area contributed by atoms with Gasteiger partial charge in [0.1, 0.15) is 5.03 Å². The number of aliphatic hydroxyl groups is 1. The number of aryl methyl sites for hydroxylation is 1. The van der Waals surface area contributed by atoms with Gasteiger partial charge in [-0.3, -0.25) is 0 Å². The average molecular weight is 259 g/mol. The van der Waals surface area contributed by atoms with Crippen LogP contribution in [0.25, 0.3) is 0 Å². The van der Waals surface area contributed by atoms with E-state index in [-0.39, 0.29) is 0 Å². The van der Waals surface area contributed by atoms with Crippen molar-refractivity contribution in [2.24, 2.45) is 0 Å². The first-order valence-electron chi connectivity index (χ1n) is 6.08. The van der Waals surface area contributed by atoms with Crippen molar-refractivity contribution in [2.45, 2.75) is 36.3 Å². The minimum absolute atomic E-state index is 0.409. The molecule has 0 radical (unpaired) electrons. The molecule has 1 unspecified atom stereocenters. The molecule has 1 atom stereocenters. The van der Waals surface area contributed by atoms with Crippen molar-refractivity contribution in [1.82, 2.24) is 4.98 Å². The first-order chi connectivity index (χ1) is 8.70. The van der Waals surface area contributed by atoms with Crippen LogP contribution in [-0.4, -0.2) is 10.1 Å². The molecule has 94 valence electrons. The van der Waals surface area contributed by atoms with Crippen LogP contribution in [-0.2, 0) is 0 Å². The molecule has 3 heteroatoms. The monoisotopic (exact) mass is 259 g/mol. The molecule has 0 aliphatic rings. The summed E-state index contributed by atoms with van der Waals surface area (Å²) in [5.74, 6) is 0. The highest BCUT2D eigenvalue weighted by Crippen LogP contribution is 2.28. The Kier molecular flexibility index (Phi) is 4.39. The van der Waals surface area contributed by atoms with Gasteiger partial charge in [0.2, 0.25) is 0 Å². The summed E-state index contributed by atoms with van der Waals surface area (Å²) in [5.41, 5.74) is 2.02. The van der Waals surface area contributed by atoms with Crippen LogP contribution < -0.4 is 0 Å². The van der Waals surface area contributed by atoms with Gasteiger partial charge in [-0.05, 0) is 37.1 Å². The van der Waals surface area contributed by atoms with Crippen LogP contribution in [0.4, 0.5) is 0 Å². The van der Waals surface area contributed by atoms with Gasteiger partial charge in [-0.2, -0.15) is 0 Å². The summed E-state index contributed by atoms with van der Waals surface area (Å²) >= 11 is 1.64. The van der Waals surface area contributed by atoms with Gasteiger partial charge >= 0.3 is 0 Å².